The van der Waals surface area contributed by atoms with Crippen molar-refractivity contribution in [1.82, 2.24) is 15.0 Å². The average Bonchev–Trinajstić information content (AvgIpc) is 2.89. The van der Waals surface area contributed by atoms with Crippen LogP contribution in [0.1, 0.15) is 24.1 Å². The van der Waals surface area contributed by atoms with Crippen LogP contribution in [-0.4, -0.2) is 33.2 Å². The standard InChI is InChI=1S/C15H16N4O2/c20-6-5-16-14-13-12(17-8-18-14)10-7-9-3-1-2-4-11(9)19-15(10)21-13/h7-8,20H,1-6H2,(H,16,17,18). The van der Waals surface area contributed by atoms with Crippen molar-refractivity contribution in [3.05, 3.63) is 23.7 Å². The van der Waals surface area contributed by atoms with Crippen LogP contribution < -0.4 is 5.32 Å². The minimum Gasteiger partial charge on any atom is -0.432 e. The first kappa shape index (κ1) is 12.5. The quantitative estimate of drug-likeness (QED) is 0.766. The Morgan fingerprint density at radius 2 is 2.14 bits per heavy atom. The third-order valence-electron chi connectivity index (χ3n) is 3.93. The van der Waals surface area contributed by atoms with E-state index in [2.05, 4.69) is 26.3 Å². The van der Waals surface area contributed by atoms with Gasteiger partial charge in [-0.25, -0.2) is 15.0 Å². The van der Waals surface area contributed by atoms with Crippen LogP contribution in [0.5, 0.6) is 0 Å². The maximum Gasteiger partial charge on any atom is 0.229 e. The molecule has 6 nitrogen and oxygen atoms in total. The Balaban J connectivity index is 1.93. The second kappa shape index (κ2) is 4.96. The monoisotopic (exact) mass is 284 g/mol. The van der Waals surface area contributed by atoms with Crippen LogP contribution in [0.3, 0.4) is 0 Å². The molecule has 0 saturated heterocycles. The van der Waals surface area contributed by atoms with Crippen molar-refractivity contribution >= 4 is 28.0 Å². The van der Waals surface area contributed by atoms with E-state index in [0.29, 0.717) is 23.7 Å². The number of nitrogens with one attached hydrogen (secondary N) is 1. The molecular weight excluding hydrogens is 268 g/mol. The van der Waals surface area contributed by atoms with E-state index in [4.69, 9.17) is 9.52 Å². The molecule has 0 radical (unpaired) electrons. The highest BCUT2D eigenvalue weighted by atomic mass is 16.3. The Bertz CT molecular complexity index is 812. The normalized spacial score (nSPS) is 14.5. The molecule has 21 heavy (non-hydrogen) atoms. The maximum atomic E-state index is 8.93. The zero-order valence-corrected chi connectivity index (χ0v) is 11.6. The topological polar surface area (TPSA) is 84.1 Å². The lowest BCUT2D eigenvalue weighted by Crippen LogP contribution is -2.07. The molecule has 108 valence electrons. The molecule has 0 spiro atoms. The molecule has 0 aromatic carbocycles. The van der Waals surface area contributed by atoms with Gasteiger partial charge in [-0.05, 0) is 37.3 Å². The number of anilines is 1. The van der Waals surface area contributed by atoms with Gasteiger partial charge >= 0.3 is 0 Å². The van der Waals surface area contributed by atoms with E-state index >= 15 is 0 Å². The first-order chi connectivity index (χ1) is 10.4. The minimum atomic E-state index is 0.0400. The largest absolute Gasteiger partial charge is 0.432 e. The highest BCUT2D eigenvalue weighted by molar-refractivity contribution is 6.04. The fourth-order valence-corrected chi connectivity index (χ4v) is 2.92. The summed E-state index contributed by atoms with van der Waals surface area (Å²) in [4.78, 5) is 13.2. The van der Waals surface area contributed by atoms with Gasteiger partial charge in [-0.3, -0.25) is 0 Å². The van der Waals surface area contributed by atoms with Crippen molar-refractivity contribution in [3.63, 3.8) is 0 Å². The van der Waals surface area contributed by atoms with Gasteiger partial charge < -0.3 is 14.8 Å². The lowest BCUT2D eigenvalue weighted by Gasteiger charge is -2.13. The number of rotatable bonds is 3. The molecular formula is C15H16N4O2. The highest BCUT2D eigenvalue weighted by Gasteiger charge is 2.18. The first-order valence-corrected chi connectivity index (χ1v) is 7.27. The Kier molecular flexibility index (Phi) is 2.96. The van der Waals surface area contributed by atoms with Gasteiger partial charge in [0.05, 0.1) is 12.0 Å². The Hall–Kier alpha value is -2.21. The molecule has 0 bridgehead atoms. The summed E-state index contributed by atoms with van der Waals surface area (Å²) < 4.78 is 5.87. The first-order valence-electron chi connectivity index (χ1n) is 7.27. The SMILES string of the molecule is OCCNc1ncnc2c1oc1nc3c(cc12)CCCC3. The molecule has 4 rings (SSSR count). The third kappa shape index (κ3) is 2.03. The predicted molar refractivity (Wildman–Crippen MR) is 79.3 cm³/mol. The van der Waals surface area contributed by atoms with E-state index in [-0.39, 0.29) is 6.61 Å². The maximum absolute atomic E-state index is 8.93. The molecule has 1 aliphatic carbocycles. The molecule has 0 fully saturated rings. The predicted octanol–water partition coefficient (Wildman–Crippen LogP) is 2.05. The Morgan fingerprint density at radius 1 is 1.24 bits per heavy atom. The summed E-state index contributed by atoms with van der Waals surface area (Å²) in [5, 5.41) is 12.9. The number of aryl methyl sites for hydroxylation is 2. The lowest BCUT2D eigenvalue weighted by atomic mass is 9.95. The lowest BCUT2D eigenvalue weighted by molar-refractivity contribution is 0.311. The zero-order chi connectivity index (χ0) is 14.2. The van der Waals surface area contributed by atoms with Crippen LogP contribution in [0.15, 0.2) is 16.8 Å². The van der Waals surface area contributed by atoms with Gasteiger partial charge in [-0.15, -0.1) is 0 Å². The van der Waals surface area contributed by atoms with Crippen molar-refractivity contribution in [2.75, 3.05) is 18.5 Å². The molecule has 1 aliphatic rings. The molecule has 0 saturated carbocycles. The smallest absolute Gasteiger partial charge is 0.229 e. The molecule has 6 heteroatoms. The van der Waals surface area contributed by atoms with Gasteiger partial charge in [0.25, 0.3) is 0 Å². The van der Waals surface area contributed by atoms with E-state index in [1.165, 1.54) is 24.7 Å². The Labute approximate surface area is 121 Å². The molecule has 0 atom stereocenters. The minimum absolute atomic E-state index is 0.0400. The summed E-state index contributed by atoms with van der Waals surface area (Å²) in [6.45, 7) is 0.464. The third-order valence-corrected chi connectivity index (χ3v) is 3.93. The van der Waals surface area contributed by atoms with Crippen LogP contribution in [0, 0.1) is 0 Å². The summed E-state index contributed by atoms with van der Waals surface area (Å²) in [5.74, 6) is 0.602. The van der Waals surface area contributed by atoms with Crippen molar-refractivity contribution in [1.29, 1.82) is 0 Å². The number of pyridine rings is 1. The van der Waals surface area contributed by atoms with E-state index < -0.39 is 0 Å². The van der Waals surface area contributed by atoms with Crippen LogP contribution in [0.25, 0.3) is 22.2 Å². The van der Waals surface area contributed by atoms with Crippen molar-refractivity contribution in [2.24, 2.45) is 0 Å². The summed E-state index contributed by atoms with van der Waals surface area (Å²) in [7, 11) is 0. The molecule has 3 aromatic rings. The zero-order valence-electron chi connectivity index (χ0n) is 11.6. The Morgan fingerprint density at radius 3 is 3.05 bits per heavy atom. The number of furan rings is 1. The highest BCUT2D eigenvalue weighted by Crippen LogP contribution is 2.32. The number of hydrogen-bond acceptors (Lipinski definition) is 6. The summed E-state index contributed by atoms with van der Waals surface area (Å²) in [6.07, 6.45) is 6.01. The molecule has 0 aliphatic heterocycles. The number of aromatic nitrogens is 3. The number of nitrogens with zero attached hydrogens (tertiary/aromatic N) is 3. The van der Waals surface area contributed by atoms with E-state index in [1.807, 2.05) is 0 Å². The second-order valence-electron chi connectivity index (χ2n) is 5.31. The second-order valence-corrected chi connectivity index (χ2v) is 5.31. The average molecular weight is 284 g/mol. The molecule has 3 aromatic heterocycles. The number of hydrogen-bond donors (Lipinski definition) is 2. The van der Waals surface area contributed by atoms with Gasteiger partial charge in [0.2, 0.25) is 5.71 Å². The number of fused-ring (bicyclic) bond motifs is 4. The van der Waals surface area contributed by atoms with Crippen molar-refractivity contribution in [3.8, 4) is 0 Å². The van der Waals surface area contributed by atoms with Gasteiger partial charge in [0.1, 0.15) is 11.8 Å². The van der Waals surface area contributed by atoms with Crippen LogP contribution in [0.4, 0.5) is 5.82 Å². The van der Waals surface area contributed by atoms with Gasteiger partial charge in [-0.1, -0.05) is 0 Å². The van der Waals surface area contributed by atoms with E-state index in [0.717, 1.165) is 29.4 Å². The molecule has 3 heterocycles. The summed E-state index contributed by atoms with van der Waals surface area (Å²) >= 11 is 0. The van der Waals surface area contributed by atoms with Gasteiger partial charge in [0.15, 0.2) is 11.4 Å². The fraction of sp³-hybridized carbons (Fsp3) is 0.400. The van der Waals surface area contributed by atoms with Gasteiger partial charge in [0, 0.05) is 12.2 Å². The van der Waals surface area contributed by atoms with Crippen molar-refractivity contribution < 1.29 is 9.52 Å². The van der Waals surface area contributed by atoms with Crippen molar-refractivity contribution in [2.45, 2.75) is 25.7 Å². The van der Waals surface area contributed by atoms with E-state index in [1.54, 1.807) is 0 Å². The number of aliphatic hydroxyl groups is 1. The summed E-state index contributed by atoms with van der Waals surface area (Å²) in [6, 6.07) is 2.16. The summed E-state index contributed by atoms with van der Waals surface area (Å²) in [5.41, 5.74) is 4.46. The van der Waals surface area contributed by atoms with Crippen LogP contribution >= 0.6 is 0 Å². The van der Waals surface area contributed by atoms with Crippen LogP contribution in [-0.2, 0) is 12.8 Å². The molecule has 0 unspecified atom stereocenters. The van der Waals surface area contributed by atoms with Gasteiger partial charge in [-0.2, -0.15) is 0 Å². The van der Waals surface area contributed by atoms with E-state index in [9.17, 15) is 0 Å². The number of aliphatic hydroxyl groups excluding tert-OH is 1. The van der Waals surface area contributed by atoms with Crippen LogP contribution in [0.2, 0.25) is 0 Å². The molecule has 2 N–H and O–H groups in total. The molecule has 0 amide bonds. The fourth-order valence-electron chi connectivity index (χ4n) is 2.92.